The van der Waals surface area contributed by atoms with Gasteiger partial charge in [0.15, 0.2) is 6.61 Å². The van der Waals surface area contributed by atoms with Crippen LogP contribution >= 0.6 is 0 Å². The number of carbonyl (C=O) groups is 2. The summed E-state index contributed by atoms with van der Waals surface area (Å²) in [5.41, 5.74) is 1.51. The van der Waals surface area contributed by atoms with Gasteiger partial charge >= 0.3 is 5.97 Å². The van der Waals surface area contributed by atoms with Crippen molar-refractivity contribution in [3.05, 3.63) is 65.5 Å². The Labute approximate surface area is 188 Å². The zero-order valence-electron chi connectivity index (χ0n) is 18.9. The van der Waals surface area contributed by atoms with Gasteiger partial charge in [-0.1, -0.05) is 19.1 Å². The van der Waals surface area contributed by atoms with Crippen molar-refractivity contribution in [3.8, 4) is 5.75 Å². The zero-order chi connectivity index (χ0) is 23.1. The first-order valence-electron chi connectivity index (χ1n) is 11.0. The van der Waals surface area contributed by atoms with E-state index in [2.05, 4.69) is 11.8 Å². The van der Waals surface area contributed by atoms with Crippen LogP contribution in [0.1, 0.15) is 43.1 Å². The Bertz CT molecular complexity index is 901. The van der Waals surface area contributed by atoms with Gasteiger partial charge in [0, 0.05) is 31.7 Å². The number of hydrogen-bond donors (Lipinski definition) is 0. The summed E-state index contributed by atoms with van der Waals surface area (Å²) in [7, 11) is 0. The van der Waals surface area contributed by atoms with Crippen molar-refractivity contribution in [3.63, 3.8) is 0 Å². The van der Waals surface area contributed by atoms with Gasteiger partial charge in [-0.15, -0.1) is 0 Å². The van der Waals surface area contributed by atoms with Crippen LogP contribution in [0.3, 0.4) is 0 Å². The van der Waals surface area contributed by atoms with Crippen molar-refractivity contribution < 1.29 is 23.5 Å². The number of carbonyl (C=O) groups excluding carboxylic acids is 2. The lowest BCUT2D eigenvalue weighted by molar-refractivity contribution is -0.139. The fraction of sp³-hybridized carbons (Fsp3) is 0.440. The molecule has 2 unspecified atom stereocenters. The van der Waals surface area contributed by atoms with Crippen molar-refractivity contribution in [2.45, 2.75) is 45.8 Å². The Kier molecular flexibility index (Phi) is 8.22. The van der Waals surface area contributed by atoms with Crippen LogP contribution in [0.5, 0.6) is 5.75 Å². The third kappa shape index (κ3) is 6.29. The fourth-order valence-electron chi connectivity index (χ4n) is 3.78. The highest BCUT2D eigenvalue weighted by atomic mass is 19.1. The highest BCUT2D eigenvalue weighted by molar-refractivity contribution is 5.89. The summed E-state index contributed by atoms with van der Waals surface area (Å²) in [4.78, 5) is 28.8. The van der Waals surface area contributed by atoms with Crippen LogP contribution in [0.25, 0.3) is 0 Å². The minimum absolute atomic E-state index is 0.0402. The number of halogens is 1. The molecule has 2 aromatic carbocycles. The number of benzene rings is 2. The van der Waals surface area contributed by atoms with E-state index in [4.69, 9.17) is 9.47 Å². The lowest BCUT2D eigenvalue weighted by Gasteiger charge is -2.44. The van der Waals surface area contributed by atoms with Crippen LogP contribution in [0.2, 0.25) is 0 Å². The van der Waals surface area contributed by atoms with Crippen molar-refractivity contribution >= 4 is 11.9 Å². The second kappa shape index (κ2) is 11.1. The molecule has 1 aliphatic heterocycles. The highest BCUT2D eigenvalue weighted by Gasteiger charge is 2.32. The van der Waals surface area contributed by atoms with E-state index in [1.807, 2.05) is 18.7 Å². The first-order valence-corrected chi connectivity index (χ1v) is 11.0. The molecule has 7 heteroatoms. The smallest absolute Gasteiger partial charge is 0.338 e. The van der Waals surface area contributed by atoms with Crippen LogP contribution in [-0.4, -0.2) is 60.1 Å². The molecule has 0 aliphatic carbocycles. The molecular weight excluding hydrogens is 411 g/mol. The molecule has 2 aromatic rings. The molecule has 0 spiro atoms. The molecule has 0 aromatic heterocycles. The Morgan fingerprint density at radius 3 is 2.34 bits per heavy atom. The van der Waals surface area contributed by atoms with Crippen molar-refractivity contribution in [1.29, 1.82) is 0 Å². The second-order valence-electron chi connectivity index (χ2n) is 8.25. The van der Waals surface area contributed by atoms with Crippen LogP contribution < -0.4 is 4.74 Å². The Morgan fingerprint density at radius 1 is 1.00 bits per heavy atom. The lowest BCUT2D eigenvalue weighted by Crippen LogP contribution is -2.58. The average molecular weight is 443 g/mol. The van der Waals surface area contributed by atoms with Gasteiger partial charge in [0.1, 0.15) is 11.6 Å². The van der Waals surface area contributed by atoms with Crippen molar-refractivity contribution in [2.24, 2.45) is 0 Å². The monoisotopic (exact) mass is 442 g/mol. The predicted molar refractivity (Wildman–Crippen MR) is 120 cm³/mol. The molecule has 1 amide bonds. The Balaban J connectivity index is 1.50. The molecule has 0 N–H and O–H groups in total. The summed E-state index contributed by atoms with van der Waals surface area (Å²) in [6.45, 7) is 8.44. The summed E-state index contributed by atoms with van der Waals surface area (Å²) in [5, 5.41) is 0. The van der Waals surface area contributed by atoms with Crippen molar-refractivity contribution in [2.75, 3.05) is 26.3 Å². The highest BCUT2D eigenvalue weighted by Crippen LogP contribution is 2.19. The number of rotatable bonds is 8. The summed E-state index contributed by atoms with van der Waals surface area (Å²) >= 11 is 0. The molecule has 1 fully saturated rings. The second-order valence-corrected chi connectivity index (χ2v) is 8.25. The average Bonchev–Trinajstić information content (AvgIpc) is 2.79. The molecule has 0 radical (unpaired) electrons. The first kappa shape index (κ1) is 23.7. The van der Waals surface area contributed by atoms with E-state index in [1.54, 1.807) is 36.4 Å². The van der Waals surface area contributed by atoms with E-state index in [1.165, 1.54) is 12.1 Å². The number of nitrogens with zero attached hydrogens (tertiary/aromatic N) is 2. The molecule has 3 rings (SSSR count). The van der Waals surface area contributed by atoms with Crippen molar-refractivity contribution in [1.82, 2.24) is 9.80 Å². The largest absolute Gasteiger partial charge is 0.484 e. The zero-order valence-corrected chi connectivity index (χ0v) is 18.9. The maximum absolute atomic E-state index is 13.1. The summed E-state index contributed by atoms with van der Waals surface area (Å²) in [5.74, 6) is -0.148. The van der Waals surface area contributed by atoms with E-state index >= 15 is 0 Å². The topological polar surface area (TPSA) is 59.1 Å². The van der Waals surface area contributed by atoms with Gasteiger partial charge in [-0.05, 0) is 62.2 Å². The molecule has 0 bridgehead atoms. The summed E-state index contributed by atoms with van der Waals surface area (Å²) in [6.07, 6.45) is 0.770. The maximum Gasteiger partial charge on any atom is 0.338 e. The molecule has 0 saturated carbocycles. The fourth-order valence-corrected chi connectivity index (χ4v) is 3.78. The van der Waals surface area contributed by atoms with Gasteiger partial charge in [-0.2, -0.15) is 0 Å². The Hall–Kier alpha value is -2.93. The summed E-state index contributed by atoms with van der Waals surface area (Å²) < 4.78 is 23.9. The third-order valence-electron chi connectivity index (χ3n) is 5.62. The van der Waals surface area contributed by atoms with E-state index < -0.39 is 0 Å². The molecule has 1 saturated heterocycles. The Morgan fingerprint density at radius 2 is 1.69 bits per heavy atom. The van der Waals surface area contributed by atoms with Gasteiger partial charge in [-0.3, -0.25) is 9.69 Å². The van der Waals surface area contributed by atoms with E-state index in [0.29, 0.717) is 24.5 Å². The molecule has 6 nitrogen and oxygen atoms in total. The molecular formula is C25H31FN2O4. The minimum Gasteiger partial charge on any atom is -0.484 e. The molecule has 32 heavy (non-hydrogen) atoms. The number of hydrogen-bond acceptors (Lipinski definition) is 5. The van der Waals surface area contributed by atoms with E-state index in [0.717, 1.165) is 25.1 Å². The first-order chi connectivity index (χ1) is 15.4. The van der Waals surface area contributed by atoms with Gasteiger partial charge in [0.25, 0.3) is 5.91 Å². The predicted octanol–water partition coefficient (Wildman–Crippen LogP) is 3.89. The standard InChI is InChI=1S/C25H31FN2O4/c1-4-13-31-25(30)21-7-11-23(12-8-21)32-17-24(29)28-15-18(2)27(14-19(28)3)16-20-5-9-22(26)10-6-20/h5-12,18-19H,4,13-17H2,1-3H3. The van der Waals surface area contributed by atoms with Crippen LogP contribution in [0.15, 0.2) is 48.5 Å². The van der Waals surface area contributed by atoms with Crippen LogP contribution in [-0.2, 0) is 16.1 Å². The van der Waals surface area contributed by atoms with Crippen LogP contribution in [0, 0.1) is 5.82 Å². The maximum atomic E-state index is 13.1. The van der Waals surface area contributed by atoms with Crippen LogP contribution in [0.4, 0.5) is 4.39 Å². The molecule has 1 aliphatic rings. The SMILES string of the molecule is CCCOC(=O)c1ccc(OCC(=O)N2CC(C)N(Cc3ccc(F)cc3)CC2C)cc1. The van der Waals surface area contributed by atoms with Gasteiger partial charge in [0.05, 0.1) is 12.2 Å². The van der Waals surface area contributed by atoms with Gasteiger partial charge in [-0.25, -0.2) is 9.18 Å². The third-order valence-corrected chi connectivity index (χ3v) is 5.62. The van der Waals surface area contributed by atoms with E-state index in [-0.39, 0.29) is 36.4 Å². The van der Waals surface area contributed by atoms with E-state index in [9.17, 15) is 14.0 Å². The number of esters is 1. The number of ether oxygens (including phenoxy) is 2. The molecule has 1 heterocycles. The quantitative estimate of drug-likeness (QED) is 0.581. The lowest BCUT2D eigenvalue weighted by atomic mass is 10.1. The van der Waals surface area contributed by atoms with Gasteiger partial charge in [0.2, 0.25) is 0 Å². The molecule has 172 valence electrons. The normalized spacial score (nSPS) is 18.9. The number of amides is 1. The molecule has 2 atom stereocenters. The summed E-state index contributed by atoms with van der Waals surface area (Å²) in [6, 6.07) is 13.4. The van der Waals surface area contributed by atoms with Gasteiger partial charge < -0.3 is 14.4 Å². The number of piperazine rings is 1. The minimum atomic E-state index is -0.365.